The van der Waals surface area contributed by atoms with E-state index < -0.39 is 0 Å². The number of nitrogens with one attached hydrogen (secondary N) is 1. The molecule has 1 aliphatic rings. The summed E-state index contributed by atoms with van der Waals surface area (Å²) in [6, 6.07) is 3.95. The second kappa shape index (κ2) is 5.05. The van der Waals surface area contributed by atoms with Gasteiger partial charge in [0.2, 0.25) is 5.82 Å². The molecule has 7 nitrogen and oxygen atoms in total. The molecule has 1 N–H and O–H groups in total. The minimum absolute atomic E-state index is 0.0703. The molecule has 0 spiro atoms. The van der Waals surface area contributed by atoms with Gasteiger partial charge in [-0.05, 0) is 18.4 Å². The number of nitriles is 1. The predicted molar refractivity (Wildman–Crippen MR) is 77.1 cm³/mol. The molecule has 7 heteroatoms. The van der Waals surface area contributed by atoms with Crippen LogP contribution in [-0.4, -0.2) is 40.6 Å². The summed E-state index contributed by atoms with van der Waals surface area (Å²) in [4.78, 5) is 18.0. The molecule has 1 saturated heterocycles. The van der Waals surface area contributed by atoms with Gasteiger partial charge in [0.25, 0.3) is 5.91 Å². The highest BCUT2D eigenvalue weighted by atomic mass is 16.2. The first kappa shape index (κ1) is 13.4. The summed E-state index contributed by atoms with van der Waals surface area (Å²) in [6.45, 7) is 4.14. The van der Waals surface area contributed by atoms with Crippen LogP contribution in [0.3, 0.4) is 0 Å². The molecular formula is C14H16N6O. The largest absolute Gasteiger partial charge is 0.370 e. The summed E-state index contributed by atoms with van der Waals surface area (Å²) in [7, 11) is 1.52. The van der Waals surface area contributed by atoms with E-state index in [2.05, 4.69) is 33.3 Å². The van der Waals surface area contributed by atoms with Crippen LogP contribution in [0.5, 0.6) is 0 Å². The second-order valence-electron chi connectivity index (χ2n) is 5.35. The van der Waals surface area contributed by atoms with Gasteiger partial charge >= 0.3 is 0 Å². The molecule has 0 bridgehead atoms. The molecule has 21 heavy (non-hydrogen) atoms. The van der Waals surface area contributed by atoms with Crippen molar-refractivity contribution in [2.45, 2.75) is 13.3 Å². The van der Waals surface area contributed by atoms with Crippen LogP contribution < -0.4 is 10.2 Å². The molecule has 1 aliphatic heterocycles. The molecule has 0 saturated carbocycles. The van der Waals surface area contributed by atoms with Crippen LogP contribution in [0, 0.1) is 17.2 Å². The van der Waals surface area contributed by atoms with Gasteiger partial charge < -0.3 is 10.2 Å². The normalized spacial score (nSPS) is 18.0. The van der Waals surface area contributed by atoms with Crippen molar-refractivity contribution in [2.75, 3.05) is 25.0 Å². The Kier molecular flexibility index (Phi) is 3.22. The highest BCUT2D eigenvalue weighted by molar-refractivity contribution is 5.90. The van der Waals surface area contributed by atoms with Crippen molar-refractivity contribution in [2.24, 2.45) is 5.92 Å². The zero-order chi connectivity index (χ0) is 15.0. The van der Waals surface area contributed by atoms with Gasteiger partial charge in [0.05, 0.1) is 17.4 Å². The van der Waals surface area contributed by atoms with Crippen molar-refractivity contribution in [1.29, 1.82) is 5.26 Å². The maximum atomic E-state index is 11.6. The monoisotopic (exact) mass is 284 g/mol. The number of pyridine rings is 1. The molecule has 0 aliphatic carbocycles. The zero-order valence-electron chi connectivity index (χ0n) is 12.0. The van der Waals surface area contributed by atoms with Gasteiger partial charge in [-0.2, -0.15) is 5.26 Å². The summed E-state index contributed by atoms with van der Waals surface area (Å²) < 4.78 is 1.52. The third-order valence-electron chi connectivity index (χ3n) is 3.76. The number of amides is 1. The van der Waals surface area contributed by atoms with Crippen LogP contribution >= 0.6 is 0 Å². The average molecular weight is 284 g/mol. The zero-order valence-corrected chi connectivity index (χ0v) is 12.0. The fraction of sp³-hybridized carbons (Fsp3) is 0.429. The Morgan fingerprint density at radius 2 is 2.38 bits per heavy atom. The lowest BCUT2D eigenvalue weighted by molar-refractivity contribution is 0.0953. The van der Waals surface area contributed by atoms with Crippen LogP contribution in [0.2, 0.25) is 0 Å². The lowest BCUT2D eigenvalue weighted by Gasteiger charge is -2.18. The summed E-state index contributed by atoms with van der Waals surface area (Å²) in [5.74, 6) is 0.350. The number of rotatable bonds is 2. The highest BCUT2D eigenvalue weighted by Crippen LogP contribution is 2.25. The van der Waals surface area contributed by atoms with Crippen molar-refractivity contribution in [3.8, 4) is 6.07 Å². The smallest absolute Gasteiger partial charge is 0.290 e. The van der Waals surface area contributed by atoms with Crippen molar-refractivity contribution < 1.29 is 4.79 Å². The van der Waals surface area contributed by atoms with Crippen molar-refractivity contribution >= 4 is 17.2 Å². The molecule has 2 aromatic heterocycles. The molecular weight excluding hydrogens is 268 g/mol. The predicted octanol–water partition coefficient (Wildman–Crippen LogP) is 0.807. The Bertz CT molecular complexity index is 744. The van der Waals surface area contributed by atoms with E-state index >= 15 is 0 Å². The fourth-order valence-electron chi connectivity index (χ4n) is 2.60. The first-order valence-electron chi connectivity index (χ1n) is 6.90. The van der Waals surface area contributed by atoms with E-state index in [-0.39, 0.29) is 11.7 Å². The molecule has 1 fully saturated rings. The van der Waals surface area contributed by atoms with Crippen LogP contribution in [0.1, 0.15) is 29.5 Å². The van der Waals surface area contributed by atoms with Gasteiger partial charge in [-0.1, -0.05) is 6.92 Å². The maximum Gasteiger partial charge on any atom is 0.290 e. The molecule has 1 unspecified atom stereocenters. The molecule has 3 rings (SSSR count). The van der Waals surface area contributed by atoms with Crippen LogP contribution in [0.15, 0.2) is 12.3 Å². The van der Waals surface area contributed by atoms with E-state index in [9.17, 15) is 10.1 Å². The third kappa shape index (κ3) is 2.29. The first-order valence-corrected chi connectivity index (χ1v) is 6.90. The first-order chi connectivity index (χ1) is 10.1. The molecule has 108 valence electrons. The van der Waals surface area contributed by atoms with E-state index in [0.29, 0.717) is 17.1 Å². The molecule has 3 heterocycles. The number of fused-ring (bicyclic) bond motifs is 1. The number of anilines is 1. The van der Waals surface area contributed by atoms with Gasteiger partial charge in [0.15, 0.2) is 5.65 Å². The Morgan fingerprint density at radius 1 is 1.57 bits per heavy atom. The lowest BCUT2D eigenvalue weighted by Crippen LogP contribution is -2.20. The number of carbonyl (C=O) groups excluding carboxylic acids is 1. The quantitative estimate of drug-likeness (QED) is 0.881. The minimum Gasteiger partial charge on any atom is -0.370 e. The van der Waals surface area contributed by atoms with Gasteiger partial charge in [-0.15, -0.1) is 5.10 Å². The van der Waals surface area contributed by atoms with Crippen molar-refractivity contribution in [3.63, 3.8) is 0 Å². The molecule has 0 aromatic carbocycles. The number of aromatic nitrogens is 3. The summed E-state index contributed by atoms with van der Waals surface area (Å²) in [6.07, 6.45) is 2.97. The molecule has 2 aromatic rings. The van der Waals surface area contributed by atoms with E-state index in [1.54, 1.807) is 0 Å². The number of hydrogen-bond donors (Lipinski definition) is 1. The average Bonchev–Trinajstić information content (AvgIpc) is 3.11. The molecule has 0 radical (unpaired) electrons. The fourth-order valence-corrected chi connectivity index (χ4v) is 2.60. The topological polar surface area (TPSA) is 86.3 Å². The van der Waals surface area contributed by atoms with E-state index in [0.717, 1.165) is 25.2 Å². The Balaban J connectivity index is 2.08. The maximum absolute atomic E-state index is 11.6. The Morgan fingerprint density at radius 3 is 3.00 bits per heavy atom. The molecule has 1 amide bonds. The summed E-state index contributed by atoms with van der Waals surface area (Å²) >= 11 is 0. The van der Waals surface area contributed by atoms with Gasteiger partial charge in [0.1, 0.15) is 6.07 Å². The van der Waals surface area contributed by atoms with Crippen molar-refractivity contribution in [1.82, 2.24) is 19.9 Å². The second-order valence-corrected chi connectivity index (χ2v) is 5.35. The number of hydrogen-bond acceptors (Lipinski definition) is 5. The standard InChI is InChI=1S/C14H16N6O/c1-9-3-4-19(7-9)11-5-10(6-15)13-17-12(14(21)16-2)18-20(13)8-11/h5,8-9H,3-4,7H2,1-2H3,(H,16,21). The molecule has 1 atom stereocenters. The van der Waals surface area contributed by atoms with Gasteiger partial charge in [-0.25, -0.2) is 9.50 Å². The number of nitrogens with zero attached hydrogens (tertiary/aromatic N) is 5. The van der Waals surface area contributed by atoms with E-state index in [1.165, 1.54) is 11.6 Å². The van der Waals surface area contributed by atoms with Crippen LogP contribution in [0.4, 0.5) is 5.69 Å². The lowest BCUT2D eigenvalue weighted by atomic mass is 10.2. The Labute approximate surface area is 122 Å². The van der Waals surface area contributed by atoms with E-state index in [4.69, 9.17) is 0 Å². The Hall–Kier alpha value is -2.62. The number of carbonyl (C=O) groups is 1. The van der Waals surface area contributed by atoms with Gasteiger partial charge in [-0.3, -0.25) is 4.79 Å². The van der Waals surface area contributed by atoms with Crippen LogP contribution in [-0.2, 0) is 0 Å². The summed E-state index contributed by atoms with van der Waals surface area (Å²) in [5, 5.41) is 16.0. The van der Waals surface area contributed by atoms with Crippen molar-refractivity contribution in [3.05, 3.63) is 23.7 Å². The van der Waals surface area contributed by atoms with E-state index in [1.807, 2.05) is 12.3 Å². The van der Waals surface area contributed by atoms with Gasteiger partial charge in [0, 0.05) is 20.1 Å². The minimum atomic E-state index is -0.362. The SMILES string of the molecule is CNC(=O)c1nc2c(C#N)cc(N3CCC(C)C3)cn2n1. The third-order valence-corrected chi connectivity index (χ3v) is 3.76. The van der Waals surface area contributed by atoms with Crippen LogP contribution in [0.25, 0.3) is 5.65 Å². The summed E-state index contributed by atoms with van der Waals surface area (Å²) in [5.41, 5.74) is 1.78. The highest BCUT2D eigenvalue weighted by Gasteiger charge is 2.21.